The summed E-state index contributed by atoms with van der Waals surface area (Å²) in [5.74, 6) is 1.06. The molecule has 1 aromatic heterocycles. The summed E-state index contributed by atoms with van der Waals surface area (Å²) in [6.45, 7) is 2.59. The van der Waals surface area contributed by atoms with Crippen molar-refractivity contribution in [3.8, 4) is 0 Å². The molecule has 0 N–H and O–H groups in total. The maximum Gasteiger partial charge on any atom is 0.106 e. The number of nitrogens with zero attached hydrogens (tertiary/aromatic N) is 2. The van der Waals surface area contributed by atoms with Crippen LogP contribution in [0.5, 0.6) is 0 Å². The van der Waals surface area contributed by atoms with Crippen molar-refractivity contribution >= 4 is 0 Å². The Morgan fingerprint density at radius 2 is 2.14 bits per heavy atom. The number of hydrogen-bond acceptors (Lipinski definition) is 1. The van der Waals surface area contributed by atoms with Gasteiger partial charge in [-0.15, -0.1) is 0 Å². The van der Waals surface area contributed by atoms with Gasteiger partial charge < -0.3 is 4.57 Å². The van der Waals surface area contributed by atoms with E-state index in [4.69, 9.17) is 0 Å². The smallest absolute Gasteiger partial charge is 0.106 e. The molecule has 0 atom stereocenters. The first kappa shape index (κ1) is 9.69. The van der Waals surface area contributed by atoms with Crippen LogP contribution in [0.1, 0.15) is 36.5 Å². The minimum atomic E-state index is -0.230. The number of imidazole rings is 1. The lowest BCUT2D eigenvalue weighted by molar-refractivity contribution is 0.439. The highest BCUT2D eigenvalue weighted by Gasteiger charge is 2.17. The Morgan fingerprint density at radius 3 is 2.93 bits per heavy atom. The van der Waals surface area contributed by atoms with Gasteiger partial charge in [0.05, 0.1) is 12.4 Å². The normalized spacial score (nSPS) is 15.6. The molecule has 0 saturated heterocycles. The number of fused-ring (bicyclic) bond motifs is 1. The van der Waals surface area contributed by atoms with Gasteiger partial charge in [0.15, 0.2) is 0 Å². The molecule has 0 saturated carbocycles. The van der Waals surface area contributed by atoms with Crippen molar-refractivity contribution in [1.82, 2.24) is 9.55 Å². The fraction of sp³-hybridized carbons (Fsp3) is 0.727. The Labute approximate surface area is 84.1 Å². The Kier molecular flexibility index (Phi) is 2.85. The van der Waals surface area contributed by atoms with E-state index in [1.807, 2.05) is 6.92 Å². The number of aromatic nitrogens is 2. The van der Waals surface area contributed by atoms with Gasteiger partial charge in [-0.1, -0.05) is 0 Å². The van der Waals surface area contributed by atoms with Gasteiger partial charge >= 0.3 is 0 Å². The van der Waals surface area contributed by atoms with E-state index >= 15 is 0 Å². The van der Waals surface area contributed by atoms with Gasteiger partial charge in [-0.05, 0) is 39.0 Å². The third-order valence-corrected chi connectivity index (χ3v) is 2.94. The van der Waals surface area contributed by atoms with Crippen LogP contribution in [-0.4, -0.2) is 16.2 Å². The second-order valence-electron chi connectivity index (χ2n) is 3.95. The number of halogens is 1. The predicted octanol–water partition coefficient (Wildman–Crippen LogP) is 2.43. The van der Waals surface area contributed by atoms with Gasteiger partial charge in [-0.2, -0.15) is 0 Å². The van der Waals surface area contributed by atoms with E-state index in [1.165, 1.54) is 24.2 Å². The van der Waals surface area contributed by atoms with E-state index < -0.39 is 0 Å². The molecule has 2 rings (SSSR count). The number of aryl methyl sites for hydroxylation is 2. The lowest BCUT2D eigenvalue weighted by atomic mass is 10.0. The van der Waals surface area contributed by atoms with Gasteiger partial charge in [0.25, 0.3) is 0 Å². The van der Waals surface area contributed by atoms with Crippen LogP contribution in [-0.2, 0) is 19.4 Å². The Bertz CT molecular complexity index is 317. The summed E-state index contributed by atoms with van der Waals surface area (Å²) in [5.41, 5.74) is 2.62. The number of hydrogen-bond donors (Lipinski definition) is 0. The van der Waals surface area contributed by atoms with Gasteiger partial charge in [0.1, 0.15) is 5.82 Å². The van der Waals surface area contributed by atoms with E-state index in [1.54, 1.807) is 0 Å². The zero-order chi connectivity index (χ0) is 9.97. The summed E-state index contributed by atoms with van der Waals surface area (Å²) < 4.78 is 14.3. The molecule has 0 radical (unpaired) electrons. The third-order valence-electron chi connectivity index (χ3n) is 2.94. The third kappa shape index (κ3) is 1.68. The lowest BCUT2D eigenvalue weighted by Gasteiger charge is -2.14. The van der Waals surface area contributed by atoms with Crippen LogP contribution in [0.2, 0.25) is 0 Å². The van der Waals surface area contributed by atoms with Crippen LogP contribution in [0, 0.1) is 6.92 Å². The molecule has 1 aromatic rings. The fourth-order valence-electron chi connectivity index (χ4n) is 2.25. The Hall–Kier alpha value is -0.860. The summed E-state index contributed by atoms with van der Waals surface area (Å²) in [6.07, 6.45) is 5.37. The molecule has 0 aromatic carbocycles. The maximum atomic E-state index is 12.1. The van der Waals surface area contributed by atoms with Crippen LogP contribution < -0.4 is 0 Å². The molecule has 2 nitrogen and oxygen atoms in total. The zero-order valence-corrected chi connectivity index (χ0v) is 8.72. The SMILES string of the molecule is Cc1nc2c(n1CCCF)CCCC2. The van der Waals surface area contributed by atoms with E-state index in [9.17, 15) is 4.39 Å². The summed E-state index contributed by atoms with van der Waals surface area (Å²) in [7, 11) is 0. The molecule has 1 aliphatic rings. The molecular weight excluding hydrogens is 179 g/mol. The molecule has 0 amide bonds. The highest BCUT2D eigenvalue weighted by molar-refractivity contribution is 5.19. The summed E-state index contributed by atoms with van der Waals surface area (Å²) in [5, 5.41) is 0. The van der Waals surface area contributed by atoms with Gasteiger partial charge in [-0.3, -0.25) is 4.39 Å². The number of rotatable bonds is 3. The first-order chi connectivity index (χ1) is 6.83. The van der Waals surface area contributed by atoms with Gasteiger partial charge in [0, 0.05) is 12.2 Å². The standard InChI is InChI=1S/C11H17FN2/c1-9-13-10-5-2-3-6-11(10)14(9)8-4-7-12/h2-8H2,1H3. The predicted molar refractivity (Wildman–Crippen MR) is 54.2 cm³/mol. The average Bonchev–Trinajstić information content (AvgIpc) is 2.51. The maximum absolute atomic E-state index is 12.1. The van der Waals surface area contributed by atoms with Crippen molar-refractivity contribution in [2.75, 3.05) is 6.67 Å². The van der Waals surface area contributed by atoms with E-state index in [-0.39, 0.29) is 6.67 Å². The molecule has 0 unspecified atom stereocenters. The highest BCUT2D eigenvalue weighted by atomic mass is 19.1. The first-order valence-electron chi connectivity index (χ1n) is 5.44. The highest BCUT2D eigenvalue weighted by Crippen LogP contribution is 2.22. The van der Waals surface area contributed by atoms with Crippen molar-refractivity contribution in [3.05, 3.63) is 17.2 Å². The molecule has 3 heteroatoms. The molecule has 78 valence electrons. The van der Waals surface area contributed by atoms with Crippen molar-refractivity contribution in [3.63, 3.8) is 0 Å². The summed E-state index contributed by atoms with van der Waals surface area (Å²) in [6, 6.07) is 0. The Morgan fingerprint density at radius 1 is 1.36 bits per heavy atom. The van der Waals surface area contributed by atoms with E-state index in [0.717, 1.165) is 25.2 Å². The first-order valence-corrected chi connectivity index (χ1v) is 5.44. The summed E-state index contributed by atoms with van der Waals surface area (Å²) in [4.78, 5) is 4.54. The lowest BCUT2D eigenvalue weighted by Crippen LogP contribution is -2.09. The second-order valence-corrected chi connectivity index (χ2v) is 3.95. The summed E-state index contributed by atoms with van der Waals surface area (Å²) >= 11 is 0. The molecule has 0 fully saturated rings. The van der Waals surface area contributed by atoms with Crippen molar-refractivity contribution < 1.29 is 4.39 Å². The molecule has 0 bridgehead atoms. The topological polar surface area (TPSA) is 17.8 Å². The van der Waals surface area contributed by atoms with Crippen LogP contribution in [0.15, 0.2) is 0 Å². The van der Waals surface area contributed by atoms with Crippen molar-refractivity contribution in [2.24, 2.45) is 0 Å². The minimum absolute atomic E-state index is 0.230. The molecule has 1 heterocycles. The van der Waals surface area contributed by atoms with Gasteiger partial charge in [-0.25, -0.2) is 4.98 Å². The largest absolute Gasteiger partial charge is 0.332 e. The van der Waals surface area contributed by atoms with E-state index in [0.29, 0.717) is 6.42 Å². The second kappa shape index (κ2) is 4.11. The monoisotopic (exact) mass is 196 g/mol. The van der Waals surface area contributed by atoms with Gasteiger partial charge in [0.2, 0.25) is 0 Å². The zero-order valence-electron chi connectivity index (χ0n) is 8.72. The molecule has 0 aliphatic heterocycles. The Balaban J connectivity index is 2.24. The molecule has 0 spiro atoms. The van der Waals surface area contributed by atoms with Crippen LogP contribution in [0.4, 0.5) is 4.39 Å². The van der Waals surface area contributed by atoms with Crippen LogP contribution in [0.3, 0.4) is 0 Å². The fourth-order valence-corrected chi connectivity index (χ4v) is 2.25. The molecular formula is C11H17FN2. The average molecular weight is 196 g/mol. The minimum Gasteiger partial charge on any atom is -0.332 e. The quantitative estimate of drug-likeness (QED) is 0.726. The van der Waals surface area contributed by atoms with Crippen molar-refractivity contribution in [1.29, 1.82) is 0 Å². The van der Waals surface area contributed by atoms with E-state index in [2.05, 4.69) is 9.55 Å². The van der Waals surface area contributed by atoms with Crippen LogP contribution in [0.25, 0.3) is 0 Å². The molecule has 14 heavy (non-hydrogen) atoms. The molecule has 1 aliphatic carbocycles. The van der Waals surface area contributed by atoms with Crippen LogP contribution >= 0.6 is 0 Å². The van der Waals surface area contributed by atoms with Crippen molar-refractivity contribution in [2.45, 2.75) is 45.6 Å². The number of alkyl halides is 1.